The molecular weight excluding hydrogens is 188 g/mol. The Balaban J connectivity index is 0.000001000. The van der Waals surface area contributed by atoms with Crippen molar-refractivity contribution in [2.24, 2.45) is 0 Å². The minimum atomic E-state index is -1.13. The fourth-order valence-electron chi connectivity index (χ4n) is 0.584. The first kappa shape index (κ1) is 10.2. The third-order valence-electron chi connectivity index (χ3n) is 1.01. The number of hydrogen-bond acceptors (Lipinski definition) is 4. The lowest BCUT2D eigenvalue weighted by Gasteiger charge is -1.96. The molecule has 1 rings (SSSR count). The molecule has 6 heteroatoms. The fourth-order valence-corrected chi connectivity index (χ4v) is 1.19. The van der Waals surface area contributed by atoms with Gasteiger partial charge >= 0.3 is 5.13 Å². The van der Waals surface area contributed by atoms with Crippen LogP contribution in [0.15, 0.2) is 11.6 Å². The molecule has 0 amide bonds. The van der Waals surface area contributed by atoms with Crippen LogP contribution in [-0.2, 0) is 11.3 Å². The molecule has 0 bridgehead atoms. The van der Waals surface area contributed by atoms with Crippen molar-refractivity contribution < 1.29 is 14.5 Å². The summed E-state index contributed by atoms with van der Waals surface area (Å²) < 4.78 is 1.42. The highest BCUT2D eigenvalue weighted by Gasteiger charge is 2.03. The van der Waals surface area contributed by atoms with Crippen molar-refractivity contribution in [3.63, 3.8) is 0 Å². The first-order valence-electron chi connectivity index (χ1n) is 2.62. The maximum Gasteiger partial charge on any atom is 0.331 e. The van der Waals surface area contributed by atoms with Crippen LogP contribution < -0.4 is 15.4 Å². The van der Waals surface area contributed by atoms with Gasteiger partial charge in [0.1, 0.15) is 12.7 Å². The summed E-state index contributed by atoms with van der Waals surface area (Å²) >= 11 is 1.30. The van der Waals surface area contributed by atoms with Gasteiger partial charge in [0.25, 0.3) is 0 Å². The molecule has 0 aliphatic heterocycles. The molecule has 0 saturated carbocycles. The maximum absolute atomic E-state index is 10.0. The van der Waals surface area contributed by atoms with Gasteiger partial charge in [-0.25, -0.2) is 4.57 Å². The van der Waals surface area contributed by atoms with Crippen molar-refractivity contribution in [2.75, 3.05) is 5.73 Å². The van der Waals surface area contributed by atoms with E-state index in [4.69, 9.17) is 5.73 Å². The second-order valence-electron chi connectivity index (χ2n) is 1.74. The van der Waals surface area contributed by atoms with E-state index in [1.807, 2.05) is 0 Å². The molecule has 0 aliphatic rings. The van der Waals surface area contributed by atoms with E-state index in [1.54, 1.807) is 11.6 Å². The van der Waals surface area contributed by atoms with Crippen molar-refractivity contribution in [3.8, 4) is 0 Å². The van der Waals surface area contributed by atoms with E-state index in [0.29, 0.717) is 5.13 Å². The Labute approximate surface area is 73.7 Å². The Morgan fingerprint density at radius 1 is 1.82 bits per heavy atom. The fraction of sp³-hybridized carbons (Fsp3) is 0.200. The predicted molar refractivity (Wildman–Crippen MR) is 41.2 cm³/mol. The van der Waals surface area contributed by atoms with Crippen LogP contribution in [0.4, 0.5) is 5.13 Å². The molecule has 62 valence electrons. The topological polar surface area (TPSA) is 70.0 Å². The maximum atomic E-state index is 10.0. The van der Waals surface area contributed by atoms with E-state index in [9.17, 15) is 9.90 Å². The monoisotopic (exact) mass is 194 g/mol. The average Bonchev–Trinajstić information content (AvgIpc) is 2.15. The summed E-state index contributed by atoms with van der Waals surface area (Å²) in [6.45, 7) is -0.171. The number of carboxylic acids is 1. The Hall–Kier alpha value is -0.810. The largest absolute Gasteiger partial charge is 0.546 e. The minimum Gasteiger partial charge on any atom is -0.546 e. The van der Waals surface area contributed by atoms with Crippen LogP contribution in [0.2, 0.25) is 0 Å². The van der Waals surface area contributed by atoms with Gasteiger partial charge in [-0.3, -0.25) is 5.73 Å². The van der Waals surface area contributed by atoms with Crippen molar-refractivity contribution >= 4 is 34.8 Å². The minimum absolute atomic E-state index is 0. The number of halogens is 1. The van der Waals surface area contributed by atoms with Crippen LogP contribution in [0, 0.1) is 0 Å². The number of hydrogen-bond donors (Lipinski definition) is 1. The Morgan fingerprint density at radius 2 is 2.45 bits per heavy atom. The van der Waals surface area contributed by atoms with Gasteiger partial charge in [-0.05, 0) is 0 Å². The highest BCUT2D eigenvalue weighted by atomic mass is 35.5. The number of nitrogens with two attached hydrogens (primary N) is 1. The van der Waals surface area contributed by atoms with Crippen molar-refractivity contribution in [3.05, 3.63) is 11.6 Å². The first-order valence-corrected chi connectivity index (χ1v) is 3.50. The van der Waals surface area contributed by atoms with E-state index in [1.165, 1.54) is 15.9 Å². The number of nitrogen functional groups attached to an aromatic ring is 1. The lowest BCUT2D eigenvalue weighted by molar-refractivity contribution is -0.672. The molecule has 1 heterocycles. The summed E-state index contributed by atoms with van der Waals surface area (Å²) in [5.74, 6) is -1.13. The predicted octanol–water partition coefficient (Wildman–Crippen LogP) is -1.21. The van der Waals surface area contributed by atoms with E-state index in [0.717, 1.165) is 0 Å². The average molecular weight is 195 g/mol. The highest BCUT2D eigenvalue weighted by molar-refractivity contribution is 7.12. The van der Waals surface area contributed by atoms with Gasteiger partial charge < -0.3 is 9.90 Å². The molecule has 0 atom stereocenters. The van der Waals surface area contributed by atoms with Crippen LogP contribution in [-0.4, -0.2) is 5.97 Å². The normalized spacial score (nSPS) is 8.73. The standard InChI is InChI=1S/C5H6N2O2S.ClH/c6-5-7(1-2-10-5)3-4(8)9;/h1-2,6H,3H2,(H,8,9);1H. The molecule has 0 radical (unpaired) electrons. The zero-order chi connectivity index (χ0) is 7.56. The van der Waals surface area contributed by atoms with E-state index in [2.05, 4.69) is 0 Å². The Bertz CT molecular complexity index is 250. The van der Waals surface area contributed by atoms with Gasteiger partial charge in [0.15, 0.2) is 0 Å². The molecule has 1 aromatic heterocycles. The number of carbonyl (C=O) groups is 1. The summed E-state index contributed by atoms with van der Waals surface area (Å²) in [4.78, 5) is 10.0. The van der Waals surface area contributed by atoms with Gasteiger partial charge in [-0.1, -0.05) is 11.3 Å². The number of carbonyl (C=O) groups excluding carboxylic acids is 1. The second kappa shape index (κ2) is 4.15. The third-order valence-corrected chi connectivity index (χ3v) is 1.75. The third kappa shape index (κ3) is 2.73. The van der Waals surface area contributed by atoms with E-state index in [-0.39, 0.29) is 19.0 Å². The van der Waals surface area contributed by atoms with Crippen LogP contribution in [0.3, 0.4) is 0 Å². The zero-order valence-corrected chi connectivity index (χ0v) is 7.15. The Morgan fingerprint density at radius 3 is 2.82 bits per heavy atom. The van der Waals surface area contributed by atoms with Gasteiger partial charge in [-0.15, -0.1) is 12.4 Å². The molecule has 0 fully saturated rings. The number of rotatable bonds is 2. The summed E-state index contributed by atoms with van der Waals surface area (Å²) in [5.41, 5.74) is 5.38. The first-order chi connectivity index (χ1) is 4.70. The lowest BCUT2D eigenvalue weighted by Crippen LogP contribution is -2.43. The molecule has 0 saturated heterocycles. The van der Waals surface area contributed by atoms with Gasteiger partial charge in [0, 0.05) is 5.38 Å². The molecule has 0 spiro atoms. The van der Waals surface area contributed by atoms with Crippen LogP contribution in [0.5, 0.6) is 0 Å². The van der Waals surface area contributed by atoms with Gasteiger partial charge in [0.2, 0.25) is 0 Å². The van der Waals surface area contributed by atoms with Crippen molar-refractivity contribution in [1.82, 2.24) is 0 Å². The lowest BCUT2D eigenvalue weighted by atomic mass is 10.6. The molecule has 0 aromatic carbocycles. The quantitative estimate of drug-likeness (QED) is 0.601. The van der Waals surface area contributed by atoms with E-state index >= 15 is 0 Å². The number of aromatic nitrogens is 1. The number of anilines is 1. The van der Waals surface area contributed by atoms with Gasteiger partial charge in [0.05, 0.1) is 5.97 Å². The summed E-state index contributed by atoms with van der Waals surface area (Å²) in [6.07, 6.45) is 1.61. The van der Waals surface area contributed by atoms with E-state index < -0.39 is 5.97 Å². The second-order valence-corrected chi connectivity index (χ2v) is 2.67. The van der Waals surface area contributed by atoms with Crippen molar-refractivity contribution in [1.29, 1.82) is 0 Å². The molecular formula is C5H7ClN2O2S. The van der Waals surface area contributed by atoms with Crippen molar-refractivity contribution in [2.45, 2.75) is 6.54 Å². The van der Waals surface area contributed by atoms with Crippen LogP contribution in [0.25, 0.3) is 0 Å². The molecule has 4 nitrogen and oxygen atoms in total. The number of carboxylic acid groups (broad SMARTS) is 1. The molecule has 1 aromatic rings. The molecule has 2 N–H and O–H groups in total. The summed E-state index contributed by atoms with van der Waals surface area (Å²) in [5, 5.41) is 12.2. The number of thiazole rings is 1. The van der Waals surface area contributed by atoms with Crippen LogP contribution in [0.1, 0.15) is 0 Å². The molecule has 11 heavy (non-hydrogen) atoms. The SMILES string of the molecule is Cl.Nc1scc[n+]1CC(=O)[O-]. The number of nitrogens with zero attached hydrogens (tertiary/aromatic N) is 1. The number of aliphatic carboxylic acids is 1. The smallest absolute Gasteiger partial charge is 0.331 e. The highest BCUT2D eigenvalue weighted by Crippen LogP contribution is 2.01. The molecule has 0 aliphatic carbocycles. The Kier molecular flexibility index (Phi) is 3.84. The van der Waals surface area contributed by atoms with Crippen LogP contribution >= 0.6 is 23.7 Å². The molecule has 0 unspecified atom stereocenters. The van der Waals surface area contributed by atoms with Gasteiger partial charge in [-0.2, -0.15) is 0 Å². The zero-order valence-electron chi connectivity index (χ0n) is 5.52. The summed E-state index contributed by atoms with van der Waals surface area (Å²) in [7, 11) is 0. The summed E-state index contributed by atoms with van der Waals surface area (Å²) in [6, 6.07) is 0.